The number of anilines is 1. The van der Waals surface area contributed by atoms with Crippen LogP contribution in [0.2, 0.25) is 5.02 Å². The number of aryl methyl sites for hydroxylation is 2. The zero-order valence-electron chi connectivity index (χ0n) is 16.9. The fourth-order valence-corrected chi connectivity index (χ4v) is 2.77. The molecule has 0 aliphatic heterocycles. The summed E-state index contributed by atoms with van der Waals surface area (Å²) in [5.74, 6) is 0.0154. The van der Waals surface area contributed by atoms with Crippen molar-refractivity contribution < 1.29 is 14.3 Å². The summed E-state index contributed by atoms with van der Waals surface area (Å²) in [5.41, 5.74) is 2.64. The van der Waals surface area contributed by atoms with Crippen molar-refractivity contribution in [3.63, 3.8) is 0 Å². The number of hydrogen-bond acceptors (Lipinski definition) is 3. The fraction of sp³-hybridized carbons (Fsp3) is 0.364. The molecule has 0 spiro atoms. The number of halogens is 1. The molecule has 2 aromatic carbocycles. The summed E-state index contributed by atoms with van der Waals surface area (Å²) in [7, 11) is 0. The molecule has 2 aromatic rings. The Bertz CT molecular complexity index is 844. The van der Waals surface area contributed by atoms with E-state index < -0.39 is 6.10 Å². The van der Waals surface area contributed by atoms with Crippen molar-refractivity contribution in [1.82, 2.24) is 5.32 Å². The number of amides is 2. The lowest BCUT2D eigenvalue weighted by Gasteiger charge is -2.18. The van der Waals surface area contributed by atoms with E-state index in [-0.39, 0.29) is 17.9 Å². The van der Waals surface area contributed by atoms with E-state index in [0.717, 1.165) is 17.5 Å². The lowest BCUT2D eigenvalue weighted by Crippen LogP contribution is -2.34. The Morgan fingerprint density at radius 1 is 1.11 bits per heavy atom. The van der Waals surface area contributed by atoms with Gasteiger partial charge in [0, 0.05) is 11.1 Å². The van der Waals surface area contributed by atoms with Crippen molar-refractivity contribution in [2.24, 2.45) is 0 Å². The molecule has 2 rings (SSSR count). The van der Waals surface area contributed by atoms with Crippen molar-refractivity contribution in [2.45, 2.75) is 53.2 Å². The largest absolute Gasteiger partial charge is 0.481 e. The highest BCUT2D eigenvalue weighted by Gasteiger charge is 2.19. The summed E-state index contributed by atoms with van der Waals surface area (Å²) in [5, 5.41) is 6.39. The third-order valence-electron chi connectivity index (χ3n) is 4.51. The van der Waals surface area contributed by atoms with Gasteiger partial charge >= 0.3 is 0 Å². The van der Waals surface area contributed by atoms with Crippen LogP contribution in [0.4, 0.5) is 5.69 Å². The molecule has 0 radical (unpaired) electrons. The maximum absolute atomic E-state index is 12.6. The lowest BCUT2D eigenvalue weighted by atomic mass is 10.1. The van der Waals surface area contributed by atoms with Crippen LogP contribution in [0.25, 0.3) is 0 Å². The highest BCUT2D eigenvalue weighted by molar-refractivity contribution is 6.32. The molecule has 5 nitrogen and oxygen atoms in total. The van der Waals surface area contributed by atoms with Crippen LogP contribution < -0.4 is 15.4 Å². The van der Waals surface area contributed by atoms with Gasteiger partial charge in [-0.15, -0.1) is 0 Å². The number of para-hydroxylation sites is 1. The second kappa shape index (κ2) is 9.60. The van der Waals surface area contributed by atoms with Gasteiger partial charge in [0.15, 0.2) is 6.10 Å². The van der Waals surface area contributed by atoms with E-state index >= 15 is 0 Å². The van der Waals surface area contributed by atoms with Crippen LogP contribution in [-0.2, 0) is 4.79 Å². The van der Waals surface area contributed by atoms with Gasteiger partial charge in [-0.3, -0.25) is 9.59 Å². The van der Waals surface area contributed by atoms with E-state index in [4.69, 9.17) is 16.3 Å². The first-order valence-electron chi connectivity index (χ1n) is 9.37. The molecule has 150 valence electrons. The average Bonchev–Trinajstić information content (AvgIpc) is 2.66. The molecule has 2 atom stereocenters. The Morgan fingerprint density at radius 2 is 1.71 bits per heavy atom. The number of nitrogens with one attached hydrogen (secondary N) is 2. The third kappa shape index (κ3) is 5.49. The van der Waals surface area contributed by atoms with Crippen molar-refractivity contribution >= 4 is 29.1 Å². The van der Waals surface area contributed by atoms with Crippen LogP contribution >= 0.6 is 11.6 Å². The summed E-state index contributed by atoms with van der Waals surface area (Å²) in [6.45, 7) is 9.37. The number of benzene rings is 2. The molecule has 0 fully saturated rings. The second-order valence-electron chi connectivity index (χ2n) is 6.95. The molecule has 2 amide bonds. The Morgan fingerprint density at radius 3 is 2.32 bits per heavy atom. The zero-order chi connectivity index (χ0) is 20.8. The second-order valence-corrected chi connectivity index (χ2v) is 7.33. The molecular formula is C22H27ClN2O3. The molecular weight excluding hydrogens is 376 g/mol. The van der Waals surface area contributed by atoms with Gasteiger partial charge in [0.25, 0.3) is 11.8 Å². The third-order valence-corrected chi connectivity index (χ3v) is 5.11. The minimum atomic E-state index is -0.745. The monoisotopic (exact) mass is 402 g/mol. The van der Waals surface area contributed by atoms with E-state index in [1.54, 1.807) is 43.3 Å². The molecule has 0 saturated heterocycles. The summed E-state index contributed by atoms with van der Waals surface area (Å²) in [4.78, 5) is 25.1. The van der Waals surface area contributed by atoms with Crippen LogP contribution in [0.15, 0.2) is 36.4 Å². The average molecular weight is 403 g/mol. The molecule has 6 heteroatoms. The first-order valence-corrected chi connectivity index (χ1v) is 9.74. The molecule has 0 aromatic heterocycles. The van der Waals surface area contributed by atoms with Crippen LogP contribution in [0.5, 0.6) is 5.75 Å². The Hall–Kier alpha value is -2.53. The minimum absolute atomic E-state index is 0.0508. The topological polar surface area (TPSA) is 67.4 Å². The van der Waals surface area contributed by atoms with Gasteiger partial charge < -0.3 is 15.4 Å². The normalized spacial score (nSPS) is 12.8. The number of carbonyl (C=O) groups is 2. The van der Waals surface area contributed by atoms with E-state index in [1.807, 2.05) is 27.7 Å². The maximum atomic E-state index is 12.6. The lowest BCUT2D eigenvalue weighted by molar-refractivity contribution is -0.122. The molecule has 0 bridgehead atoms. The number of carbonyl (C=O) groups excluding carboxylic acids is 2. The van der Waals surface area contributed by atoms with Crippen molar-refractivity contribution in [3.8, 4) is 5.75 Å². The number of hydrogen-bond donors (Lipinski definition) is 2. The van der Waals surface area contributed by atoms with Gasteiger partial charge in [0.1, 0.15) is 5.75 Å². The van der Waals surface area contributed by atoms with Crippen LogP contribution in [0.3, 0.4) is 0 Å². The molecule has 2 N–H and O–H groups in total. The van der Waals surface area contributed by atoms with Gasteiger partial charge in [-0.1, -0.05) is 30.7 Å². The summed E-state index contributed by atoms with van der Waals surface area (Å²) >= 11 is 6.18. The van der Waals surface area contributed by atoms with E-state index in [9.17, 15) is 9.59 Å². The fourth-order valence-electron chi connectivity index (χ4n) is 2.66. The SMILES string of the molecule is CCC(C)NC(=O)c1ccccc1NC(=O)C(C)Oc1cc(C)c(Cl)c(C)c1. The first-order chi connectivity index (χ1) is 13.2. The smallest absolute Gasteiger partial charge is 0.265 e. The van der Waals surface area contributed by atoms with Crippen LogP contribution in [0.1, 0.15) is 48.7 Å². The number of ether oxygens (including phenoxy) is 1. The van der Waals surface area contributed by atoms with E-state index in [0.29, 0.717) is 22.0 Å². The molecule has 0 heterocycles. The standard InChI is InChI=1S/C22H27ClN2O3/c1-6-15(4)24-22(27)18-9-7-8-10-19(18)25-21(26)16(5)28-17-11-13(2)20(23)14(3)12-17/h7-12,15-16H,6H2,1-5H3,(H,24,27)(H,25,26). The van der Waals surface area contributed by atoms with Gasteiger partial charge in [-0.25, -0.2) is 0 Å². The first kappa shape index (κ1) is 21.8. The van der Waals surface area contributed by atoms with Gasteiger partial charge in [-0.05, 0) is 69.5 Å². The zero-order valence-corrected chi connectivity index (χ0v) is 17.7. The molecule has 2 unspecified atom stereocenters. The predicted octanol–water partition coefficient (Wildman–Crippen LogP) is 4.89. The van der Waals surface area contributed by atoms with Gasteiger partial charge in [-0.2, -0.15) is 0 Å². The Kier molecular flexibility index (Phi) is 7.46. The molecule has 0 aliphatic carbocycles. The van der Waals surface area contributed by atoms with Gasteiger partial charge in [0.2, 0.25) is 0 Å². The molecule has 0 aliphatic rings. The summed E-state index contributed by atoms with van der Waals surface area (Å²) in [6.07, 6.45) is 0.0797. The minimum Gasteiger partial charge on any atom is -0.481 e. The van der Waals surface area contributed by atoms with E-state index in [1.165, 1.54) is 0 Å². The Balaban J connectivity index is 2.11. The van der Waals surface area contributed by atoms with Crippen LogP contribution in [-0.4, -0.2) is 24.0 Å². The van der Waals surface area contributed by atoms with Crippen molar-refractivity contribution in [3.05, 3.63) is 58.1 Å². The van der Waals surface area contributed by atoms with Gasteiger partial charge in [0.05, 0.1) is 11.3 Å². The van der Waals surface area contributed by atoms with Crippen molar-refractivity contribution in [2.75, 3.05) is 5.32 Å². The van der Waals surface area contributed by atoms with Crippen molar-refractivity contribution in [1.29, 1.82) is 0 Å². The molecule has 28 heavy (non-hydrogen) atoms. The van der Waals surface area contributed by atoms with E-state index in [2.05, 4.69) is 10.6 Å². The highest BCUT2D eigenvalue weighted by Crippen LogP contribution is 2.26. The maximum Gasteiger partial charge on any atom is 0.265 e. The number of rotatable bonds is 7. The predicted molar refractivity (Wildman–Crippen MR) is 113 cm³/mol. The summed E-state index contributed by atoms with van der Waals surface area (Å²) in [6, 6.07) is 10.6. The summed E-state index contributed by atoms with van der Waals surface area (Å²) < 4.78 is 5.78. The quantitative estimate of drug-likeness (QED) is 0.692. The molecule has 0 saturated carbocycles. The van der Waals surface area contributed by atoms with Crippen LogP contribution in [0, 0.1) is 13.8 Å². The Labute approximate surface area is 171 Å². The highest BCUT2D eigenvalue weighted by atomic mass is 35.5.